The third-order valence-corrected chi connectivity index (χ3v) is 6.08. The molecule has 0 bridgehead atoms. The van der Waals surface area contributed by atoms with E-state index in [0.717, 1.165) is 27.2 Å². The number of rotatable bonds is 7. The maximum atomic E-state index is 12.6. The number of hydrogen-bond acceptors (Lipinski definition) is 5. The van der Waals surface area contributed by atoms with E-state index in [2.05, 4.69) is 21.7 Å². The first kappa shape index (κ1) is 20.4. The predicted octanol–water partition coefficient (Wildman–Crippen LogP) is 5.46. The quantitative estimate of drug-likeness (QED) is 0.504. The molecule has 3 rings (SSSR count). The molecule has 146 valence electrons. The summed E-state index contributed by atoms with van der Waals surface area (Å²) in [6.07, 6.45) is 1.31. The highest BCUT2D eigenvalue weighted by Gasteiger charge is 2.17. The minimum Gasteiger partial charge on any atom is -0.326 e. The smallest absolute Gasteiger partial charge is 0.239 e. The summed E-state index contributed by atoms with van der Waals surface area (Å²) in [6, 6.07) is 13.6. The number of anilines is 2. The van der Waals surface area contributed by atoms with Crippen molar-refractivity contribution in [2.75, 3.05) is 10.6 Å². The first-order valence-electron chi connectivity index (χ1n) is 9.19. The molecule has 2 amide bonds. The molecule has 7 heteroatoms. The number of thioether (sulfide) groups is 1. The molecule has 2 aromatic carbocycles. The van der Waals surface area contributed by atoms with Crippen molar-refractivity contribution in [1.82, 2.24) is 4.98 Å². The number of amides is 2. The Labute approximate surface area is 172 Å². The Morgan fingerprint density at radius 3 is 2.79 bits per heavy atom. The first-order valence-corrected chi connectivity index (χ1v) is 10.9. The fourth-order valence-corrected chi connectivity index (χ4v) is 4.54. The van der Waals surface area contributed by atoms with Gasteiger partial charge in [-0.3, -0.25) is 9.59 Å². The second kappa shape index (κ2) is 9.21. The lowest BCUT2D eigenvalue weighted by molar-refractivity contribution is -0.116. The summed E-state index contributed by atoms with van der Waals surface area (Å²) in [5, 5.41) is 6.11. The Balaban J connectivity index is 1.62. The van der Waals surface area contributed by atoms with Gasteiger partial charge in [0, 0.05) is 17.0 Å². The van der Waals surface area contributed by atoms with E-state index < -0.39 is 0 Å². The highest BCUT2D eigenvalue weighted by Crippen LogP contribution is 2.29. The fraction of sp³-hybridized carbons (Fsp3) is 0.286. The molecule has 0 saturated carbocycles. The van der Waals surface area contributed by atoms with Crippen LogP contribution in [0.5, 0.6) is 0 Å². The number of thiazole rings is 1. The molecule has 0 radical (unpaired) electrons. The van der Waals surface area contributed by atoms with Gasteiger partial charge in [0.15, 0.2) is 5.13 Å². The average molecular weight is 414 g/mol. The summed E-state index contributed by atoms with van der Waals surface area (Å²) in [4.78, 5) is 29.7. The number of carbonyl (C=O) groups is 2. The molecule has 0 saturated heterocycles. The van der Waals surface area contributed by atoms with Crippen LogP contribution in [-0.2, 0) is 9.59 Å². The summed E-state index contributed by atoms with van der Waals surface area (Å²) >= 11 is 2.93. The van der Waals surface area contributed by atoms with Gasteiger partial charge in [-0.05, 0) is 56.2 Å². The number of benzene rings is 2. The van der Waals surface area contributed by atoms with Crippen LogP contribution in [0.15, 0.2) is 47.4 Å². The van der Waals surface area contributed by atoms with Crippen LogP contribution in [0.3, 0.4) is 0 Å². The van der Waals surface area contributed by atoms with Gasteiger partial charge in [0.05, 0.1) is 15.5 Å². The van der Waals surface area contributed by atoms with Crippen molar-refractivity contribution < 1.29 is 9.59 Å². The zero-order chi connectivity index (χ0) is 20.1. The monoisotopic (exact) mass is 413 g/mol. The van der Waals surface area contributed by atoms with Crippen molar-refractivity contribution in [1.29, 1.82) is 0 Å². The Morgan fingerprint density at radius 2 is 2.00 bits per heavy atom. The lowest BCUT2D eigenvalue weighted by Gasteiger charge is -2.12. The van der Waals surface area contributed by atoms with Gasteiger partial charge in [0.2, 0.25) is 11.8 Å². The van der Waals surface area contributed by atoms with Gasteiger partial charge in [-0.2, -0.15) is 0 Å². The Bertz CT molecular complexity index is 1000. The molecule has 3 aromatic rings. The summed E-state index contributed by atoms with van der Waals surface area (Å²) in [7, 11) is 0. The SMILES string of the molecule is CCCC(=O)Nc1cccc(SC(C)C(=O)Nc2nc3ccc(C)cc3s2)c1. The molecule has 0 fully saturated rings. The topological polar surface area (TPSA) is 71.1 Å². The molecule has 5 nitrogen and oxygen atoms in total. The molecule has 1 atom stereocenters. The number of nitrogens with one attached hydrogen (secondary N) is 2. The molecule has 0 aliphatic rings. The van der Waals surface area contributed by atoms with Crippen LogP contribution in [0.1, 0.15) is 32.3 Å². The minimum absolute atomic E-state index is 0.00140. The molecule has 1 aromatic heterocycles. The minimum atomic E-state index is -0.296. The predicted molar refractivity (Wildman–Crippen MR) is 118 cm³/mol. The Kier molecular flexibility index (Phi) is 6.70. The number of nitrogens with zero attached hydrogens (tertiary/aromatic N) is 1. The second-order valence-corrected chi connectivity index (χ2v) is 9.01. The van der Waals surface area contributed by atoms with E-state index in [9.17, 15) is 9.59 Å². The van der Waals surface area contributed by atoms with Crippen LogP contribution >= 0.6 is 23.1 Å². The van der Waals surface area contributed by atoms with Gasteiger partial charge in [-0.1, -0.05) is 30.4 Å². The molecule has 1 unspecified atom stereocenters. The Hall–Kier alpha value is -2.38. The fourth-order valence-electron chi connectivity index (χ4n) is 2.65. The van der Waals surface area contributed by atoms with Crippen molar-refractivity contribution in [3.8, 4) is 0 Å². The van der Waals surface area contributed by atoms with Gasteiger partial charge in [-0.25, -0.2) is 4.98 Å². The van der Waals surface area contributed by atoms with E-state index in [4.69, 9.17) is 0 Å². The van der Waals surface area contributed by atoms with Crippen LogP contribution in [0, 0.1) is 6.92 Å². The van der Waals surface area contributed by atoms with Crippen LogP contribution in [0.4, 0.5) is 10.8 Å². The first-order chi connectivity index (χ1) is 13.4. The molecule has 0 spiro atoms. The van der Waals surface area contributed by atoms with E-state index in [1.165, 1.54) is 28.7 Å². The highest BCUT2D eigenvalue weighted by molar-refractivity contribution is 8.00. The number of hydrogen-bond donors (Lipinski definition) is 2. The molecular weight excluding hydrogens is 390 g/mol. The molecule has 1 heterocycles. The van der Waals surface area contributed by atoms with Gasteiger partial charge < -0.3 is 10.6 Å². The summed E-state index contributed by atoms with van der Waals surface area (Å²) in [5.41, 5.74) is 2.81. The van der Waals surface area contributed by atoms with Gasteiger partial charge in [0.1, 0.15) is 0 Å². The third kappa shape index (κ3) is 5.33. The maximum absolute atomic E-state index is 12.6. The zero-order valence-corrected chi connectivity index (χ0v) is 17.7. The summed E-state index contributed by atoms with van der Waals surface area (Å²) in [5.74, 6) is -0.0947. The van der Waals surface area contributed by atoms with Crippen LogP contribution in [-0.4, -0.2) is 22.0 Å². The lowest BCUT2D eigenvalue weighted by Crippen LogP contribution is -2.22. The lowest BCUT2D eigenvalue weighted by atomic mass is 10.2. The highest BCUT2D eigenvalue weighted by atomic mass is 32.2. The van der Waals surface area contributed by atoms with E-state index >= 15 is 0 Å². The van der Waals surface area contributed by atoms with E-state index in [-0.39, 0.29) is 17.1 Å². The Morgan fingerprint density at radius 1 is 1.18 bits per heavy atom. The van der Waals surface area contributed by atoms with Gasteiger partial charge in [-0.15, -0.1) is 11.8 Å². The van der Waals surface area contributed by atoms with Crippen molar-refractivity contribution >= 4 is 55.9 Å². The van der Waals surface area contributed by atoms with E-state index in [1.54, 1.807) is 0 Å². The number of aryl methyl sites for hydroxylation is 1. The number of aromatic nitrogens is 1. The molecule has 0 aliphatic carbocycles. The van der Waals surface area contributed by atoms with E-state index in [0.29, 0.717) is 11.6 Å². The summed E-state index contributed by atoms with van der Waals surface area (Å²) < 4.78 is 1.06. The largest absolute Gasteiger partial charge is 0.326 e. The van der Waals surface area contributed by atoms with Crippen LogP contribution < -0.4 is 10.6 Å². The average Bonchev–Trinajstić information content (AvgIpc) is 3.03. The van der Waals surface area contributed by atoms with Crippen LogP contribution in [0.25, 0.3) is 10.2 Å². The number of fused-ring (bicyclic) bond motifs is 1. The van der Waals surface area contributed by atoms with Gasteiger partial charge >= 0.3 is 0 Å². The normalized spacial score (nSPS) is 12.0. The summed E-state index contributed by atoms with van der Waals surface area (Å²) in [6.45, 7) is 5.87. The third-order valence-electron chi connectivity index (χ3n) is 4.05. The van der Waals surface area contributed by atoms with E-state index in [1.807, 2.05) is 57.2 Å². The standard InChI is InChI=1S/C21H23N3O2S2/c1-4-6-19(25)22-15-7-5-8-16(12-15)27-14(3)20(26)24-21-23-17-10-9-13(2)11-18(17)28-21/h5,7-12,14H,4,6H2,1-3H3,(H,22,25)(H,23,24,26). The molecule has 28 heavy (non-hydrogen) atoms. The maximum Gasteiger partial charge on any atom is 0.239 e. The van der Waals surface area contributed by atoms with Crippen molar-refractivity contribution in [3.05, 3.63) is 48.0 Å². The van der Waals surface area contributed by atoms with Crippen molar-refractivity contribution in [2.24, 2.45) is 0 Å². The number of carbonyl (C=O) groups excluding carboxylic acids is 2. The van der Waals surface area contributed by atoms with Crippen LogP contribution in [0.2, 0.25) is 0 Å². The molecule has 0 aliphatic heterocycles. The zero-order valence-electron chi connectivity index (χ0n) is 16.1. The molecule has 2 N–H and O–H groups in total. The van der Waals surface area contributed by atoms with Gasteiger partial charge in [0.25, 0.3) is 0 Å². The van der Waals surface area contributed by atoms with Crippen molar-refractivity contribution in [3.63, 3.8) is 0 Å². The van der Waals surface area contributed by atoms with Crippen molar-refractivity contribution in [2.45, 2.75) is 43.8 Å². The molecular formula is C21H23N3O2S2. The second-order valence-electron chi connectivity index (χ2n) is 6.57.